The van der Waals surface area contributed by atoms with Gasteiger partial charge in [0, 0.05) is 6.61 Å². The molecule has 0 heterocycles. The van der Waals surface area contributed by atoms with Crippen LogP contribution < -0.4 is 5.32 Å². The van der Waals surface area contributed by atoms with Crippen LogP contribution in [0.2, 0.25) is 0 Å². The van der Waals surface area contributed by atoms with E-state index in [-0.39, 0.29) is 24.9 Å². The maximum atomic E-state index is 12.8. The van der Waals surface area contributed by atoms with Crippen molar-refractivity contribution in [3.8, 4) is 0 Å². The maximum absolute atomic E-state index is 12.8. The molecular weight excluding hydrogens is 249 g/mol. The number of aliphatic hydroxyl groups is 1. The van der Waals surface area contributed by atoms with Gasteiger partial charge in [-0.05, 0) is 24.1 Å². The topological polar surface area (TPSA) is 58.6 Å². The van der Waals surface area contributed by atoms with E-state index in [1.807, 2.05) is 6.92 Å². The highest BCUT2D eigenvalue weighted by Crippen LogP contribution is 2.12. The minimum Gasteiger partial charge on any atom is -0.394 e. The van der Waals surface area contributed by atoms with Crippen LogP contribution in [0.15, 0.2) is 24.3 Å². The van der Waals surface area contributed by atoms with Gasteiger partial charge >= 0.3 is 0 Å². The number of carbonyl (C=O) groups is 1. The van der Waals surface area contributed by atoms with Crippen LogP contribution in [0.25, 0.3) is 0 Å². The molecule has 1 aromatic carbocycles. The quantitative estimate of drug-likeness (QED) is 0.707. The van der Waals surface area contributed by atoms with Crippen LogP contribution in [0.3, 0.4) is 0 Å². The zero-order chi connectivity index (χ0) is 14.1. The Bertz CT molecular complexity index is 381. The minimum atomic E-state index is -0.539. The van der Waals surface area contributed by atoms with Gasteiger partial charge in [0.1, 0.15) is 12.4 Å². The Morgan fingerprint density at radius 3 is 2.68 bits per heavy atom. The van der Waals surface area contributed by atoms with E-state index in [0.717, 1.165) is 12.8 Å². The third kappa shape index (κ3) is 5.81. The fraction of sp³-hybridized carbons (Fsp3) is 0.500. The number of hydrogen-bond donors (Lipinski definition) is 2. The molecule has 1 amide bonds. The van der Waals surface area contributed by atoms with Crippen molar-refractivity contribution in [2.75, 3.05) is 19.8 Å². The monoisotopic (exact) mass is 269 g/mol. The van der Waals surface area contributed by atoms with E-state index in [1.54, 1.807) is 0 Å². The second-order valence-corrected chi connectivity index (χ2v) is 4.26. The lowest BCUT2D eigenvalue weighted by Gasteiger charge is -2.16. The lowest BCUT2D eigenvalue weighted by Crippen LogP contribution is -2.33. The van der Waals surface area contributed by atoms with Crippen molar-refractivity contribution >= 4 is 5.91 Å². The largest absolute Gasteiger partial charge is 0.394 e. The number of nitrogens with one attached hydrogen (secondary N) is 1. The summed E-state index contributed by atoms with van der Waals surface area (Å²) in [6.45, 7) is 2.31. The fourth-order valence-electron chi connectivity index (χ4n) is 1.58. The Morgan fingerprint density at radius 1 is 1.42 bits per heavy atom. The summed E-state index contributed by atoms with van der Waals surface area (Å²) in [5.74, 6) is -0.644. The van der Waals surface area contributed by atoms with Crippen molar-refractivity contribution in [1.82, 2.24) is 5.32 Å². The average Bonchev–Trinajstić information content (AvgIpc) is 2.42. The Kier molecular flexibility index (Phi) is 7.07. The second-order valence-electron chi connectivity index (χ2n) is 4.26. The predicted octanol–water partition coefficient (Wildman–Crippen LogP) is 1.79. The van der Waals surface area contributed by atoms with Gasteiger partial charge in [-0.15, -0.1) is 0 Å². The van der Waals surface area contributed by atoms with Gasteiger partial charge in [0.15, 0.2) is 0 Å². The molecule has 19 heavy (non-hydrogen) atoms. The summed E-state index contributed by atoms with van der Waals surface area (Å²) in [5.41, 5.74) is 0.658. The van der Waals surface area contributed by atoms with Crippen LogP contribution in [0.1, 0.15) is 31.4 Å². The molecule has 1 atom stereocenters. The molecule has 0 spiro atoms. The van der Waals surface area contributed by atoms with E-state index >= 15 is 0 Å². The van der Waals surface area contributed by atoms with Gasteiger partial charge in [0.2, 0.25) is 5.91 Å². The molecule has 0 aromatic heterocycles. The first-order valence-corrected chi connectivity index (χ1v) is 6.40. The maximum Gasteiger partial charge on any atom is 0.246 e. The minimum absolute atomic E-state index is 0.0301. The van der Waals surface area contributed by atoms with Crippen molar-refractivity contribution in [1.29, 1.82) is 0 Å². The number of rotatable bonds is 8. The first-order valence-electron chi connectivity index (χ1n) is 6.40. The molecule has 4 nitrogen and oxygen atoms in total. The van der Waals surface area contributed by atoms with Gasteiger partial charge in [-0.1, -0.05) is 25.5 Å². The summed E-state index contributed by atoms with van der Waals surface area (Å²) in [6, 6.07) is 5.12. The zero-order valence-corrected chi connectivity index (χ0v) is 11.1. The summed E-state index contributed by atoms with van der Waals surface area (Å²) in [4.78, 5) is 11.6. The average molecular weight is 269 g/mol. The molecule has 0 fully saturated rings. The van der Waals surface area contributed by atoms with Gasteiger partial charge in [-0.2, -0.15) is 0 Å². The first kappa shape index (κ1) is 15.6. The highest BCUT2D eigenvalue weighted by Gasteiger charge is 2.13. The van der Waals surface area contributed by atoms with Crippen molar-refractivity contribution in [2.45, 2.75) is 25.8 Å². The number of benzene rings is 1. The standard InChI is InChI=1S/C14H20FNO3/c1-2-3-8-19-10-14(18)16-13(9-17)11-4-6-12(15)7-5-11/h4-7,13,17H,2-3,8-10H2,1H3,(H,16,18)/t13-/m0/s1. The molecule has 0 aliphatic heterocycles. The van der Waals surface area contributed by atoms with Crippen LogP contribution in [-0.2, 0) is 9.53 Å². The van der Waals surface area contributed by atoms with Crippen molar-refractivity contribution in [3.63, 3.8) is 0 Å². The Labute approximate surface area is 112 Å². The second kappa shape index (κ2) is 8.61. The molecule has 0 aliphatic carbocycles. The van der Waals surface area contributed by atoms with E-state index in [9.17, 15) is 14.3 Å². The third-order valence-electron chi connectivity index (χ3n) is 2.67. The number of hydrogen-bond acceptors (Lipinski definition) is 3. The van der Waals surface area contributed by atoms with Crippen LogP contribution in [0, 0.1) is 5.82 Å². The number of amides is 1. The van der Waals surface area contributed by atoms with Gasteiger partial charge < -0.3 is 15.2 Å². The summed E-state index contributed by atoms with van der Waals surface area (Å²) in [6.07, 6.45) is 1.92. The predicted molar refractivity (Wildman–Crippen MR) is 70.1 cm³/mol. The molecule has 1 rings (SSSR count). The highest BCUT2D eigenvalue weighted by molar-refractivity contribution is 5.77. The Morgan fingerprint density at radius 2 is 2.11 bits per heavy atom. The van der Waals surface area contributed by atoms with Crippen molar-refractivity contribution < 1.29 is 19.0 Å². The van der Waals surface area contributed by atoms with Gasteiger partial charge in [-0.3, -0.25) is 4.79 Å². The molecule has 0 unspecified atom stereocenters. The van der Waals surface area contributed by atoms with Crippen LogP contribution in [-0.4, -0.2) is 30.8 Å². The third-order valence-corrected chi connectivity index (χ3v) is 2.67. The number of unbranched alkanes of at least 4 members (excludes halogenated alkanes) is 1. The zero-order valence-electron chi connectivity index (χ0n) is 11.1. The summed E-state index contributed by atoms with van der Waals surface area (Å²) in [5, 5.41) is 11.9. The number of aliphatic hydroxyl groups excluding tert-OH is 1. The Hall–Kier alpha value is -1.46. The van der Waals surface area contributed by atoms with Crippen LogP contribution in [0.4, 0.5) is 4.39 Å². The highest BCUT2D eigenvalue weighted by atomic mass is 19.1. The lowest BCUT2D eigenvalue weighted by atomic mass is 10.1. The number of halogens is 1. The van der Waals surface area contributed by atoms with E-state index < -0.39 is 6.04 Å². The molecule has 0 saturated carbocycles. The van der Waals surface area contributed by atoms with E-state index in [0.29, 0.717) is 12.2 Å². The van der Waals surface area contributed by atoms with Crippen molar-refractivity contribution in [3.05, 3.63) is 35.6 Å². The van der Waals surface area contributed by atoms with E-state index in [4.69, 9.17) is 4.74 Å². The molecular formula is C14H20FNO3. The van der Waals surface area contributed by atoms with Crippen LogP contribution in [0.5, 0.6) is 0 Å². The molecule has 106 valence electrons. The van der Waals surface area contributed by atoms with Gasteiger partial charge in [-0.25, -0.2) is 4.39 Å². The number of ether oxygens (including phenoxy) is 1. The Balaban J connectivity index is 2.43. The molecule has 5 heteroatoms. The molecule has 0 bridgehead atoms. The summed E-state index contributed by atoms with van der Waals surface area (Å²) >= 11 is 0. The SMILES string of the molecule is CCCCOCC(=O)N[C@@H](CO)c1ccc(F)cc1. The molecule has 0 saturated heterocycles. The molecule has 0 aliphatic rings. The van der Waals surface area contributed by atoms with E-state index in [2.05, 4.69) is 5.32 Å². The fourth-order valence-corrected chi connectivity index (χ4v) is 1.58. The summed E-state index contributed by atoms with van der Waals surface area (Å²) < 4.78 is 18.0. The smallest absolute Gasteiger partial charge is 0.246 e. The lowest BCUT2D eigenvalue weighted by molar-refractivity contribution is -0.126. The van der Waals surface area contributed by atoms with E-state index in [1.165, 1.54) is 24.3 Å². The van der Waals surface area contributed by atoms with Crippen LogP contribution >= 0.6 is 0 Å². The normalized spacial score (nSPS) is 12.2. The first-order chi connectivity index (χ1) is 9.17. The number of carbonyl (C=O) groups excluding carboxylic acids is 1. The molecule has 1 aromatic rings. The van der Waals surface area contributed by atoms with Crippen molar-refractivity contribution in [2.24, 2.45) is 0 Å². The van der Waals surface area contributed by atoms with Gasteiger partial charge in [0.05, 0.1) is 12.6 Å². The molecule has 0 radical (unpaired) electrons. The van der Waals surface area contributed by atoms with Gasteiger partial charge in [0.25, 0.3) is 0 Å². The summed E-state index contributed by atoms with van der Waals surface area (Å²) in [7, 11) is 0. The molecule has 2 N–H and O–H groups in total.